The summed E-state index contributed by atoms with van der Waals surface area (Å²) in [7, 11) is 0. The Kier molecular flexibility index (Phi) is 18.8. The van der Waals surface area contributed by atoms with Gasteiger partial charge in [-0.2, -0.15) is 0 Å². The lowest BCUT2D eigenvalue weighted by molar-refractivity contribution is -0.355. The van der Waals surface area contributed by atoms with Crippen LogP contribution in [-0.4, -0.2) is 134 Å². The van der Waals surface area contributed by atoms with E-state index in [4.69, 9.17) is 23.7 Å². The van der Waals surface area contributed by atoms with E-state index in [9.17, 15) is 50.1 Å². The van der Waals surface area contributed by atoms with Crippen LogP contribution in [0.25, 0.3) is 0 Å². The van der Waals surface area contributed by atoms with Gasteiger partial charge < -0.3 is 59.4 Å². The lowest BCUT2D eigenvalue weighted by atomic mass is 9.71. The van der Waals surface area contributed by atoms with Gasteiger partial charge in [-0.1, -0.05) is 91.3 Å². The van der Waals surface area contributed by atoms with E-state index < -0.39 is 111 Å². The zero-order valence-corrected chi connectivity index (χ0v) is 34.0. The molecule has 1 aliphatic carbocycles. The van der Waals surface area contributed by atoms with Crippen molar-refractivity contribution in [3.8, 4) is 0 Å². The predicted octanol–water partition coefficient (Wildman–Crippen LogP) is 2.24. The molecule has 11 unspecified atom stereocenters. The normalized spacial score (nSPS) is 32.7. The van der Waals surface area contributed by atoms with E-state index in [2.05, 4.69) is 13.5 Å². The van der Waals surface area contributed by atoms with Crippen molar-refractivity contribution >= 4 is 17.7 Å². The summed E-state index contributed by atoms with van der Waals surface area (Å²) in [5, 5.41) is 70.8. The van der Waals surface area contributed by atoms with Crippen LogP contribution >= 0.6 is 0 Å². The molecule has 0 radical (unpaired) electrons. The second-order valence-corrected chi connectivity index (χ2v) is 15.4. The maximum absolute atomic E-state index is 13.3. The van der Waals surface area contributed by atoms with Gasteiger partial charge in [-0.15, -0.1) is 6.58 Å². The lowest BCUT2D eigenvalue weighted by Crippen LogP contribution is -2.64. The summed E-state index contributed by atoms with van der Waals surface area (Å²) >= 11 is 0. The highest BCUT2D eigenvalue weighted by molar-refractivity contribution is 6.01. The Balaban J connectivity index is 1.55. The number of aliphatic hydroxyl groups is 7. The number of hydrogen-bond donors (Lipinski definition) is 7. The molecule has 0 aromatic carbocycles. The van der Waals surface area contributed by atoms with Gasteiger partial charge in [0.2, 0.25) is 0 Å². The quantitative estimate of drug-likeness (QED) is 0.0633. The molecule has 58 heavy (non-hydrogen) atoms. The standard InChI is InChI=1S/C43H60O15/c1-8-12-24(2)13-9-10-14-25(3)15-11-16-26(4)17-18-28-27(5)34(47)29(21-43(28,6)7)55-33(46)20-19-32(45)54-23-31-40(37(50)38(51)41(53)56-31)58-42-39(52)36(49)35(48)30(22-44)57-42/h8-11,13-18,29-31,35-42,44,48-53H,1,12,19-23H2,2-7H3/b10-9+,15-11+,18-17+,24-13+,25-14+,26-16+. The lowest BCUT2D eigenvalue weighted by Gasteiger charge is -2.45. The molecule has 322 valence electrons. The summed E-state index contributed by atoms with van der Waals surface area (Å²) in [6.07, 6.45) is 1.51. The fourth-order valence-electron chi connectivity index (χ4n) is 6.62. The van der Waals surface area contributed by atoms with Gasteiger partial charge in [0, 0.05) is 6.42 Å². The molecule has 0 spiro atoms. The van der Waals surface area contributed by atoms with Crippen LogP contribution in [0.2, 0.25) is 0 Å². The van der Waals surface area contributed by atoms with Crippen molar-refractivity contribution in [2.75, 3.05) is 13.2 Å². The van der Waals surface area contributed by atoms with Crippen molar-refractivity contribution in [1.29, 1.82) is 0 Å². The number of ketones is 1. The number of allylic oxidation sites excluding steroid dienone is 14. The molecule has 2 heterocycles. The summed E-state index contributed by atoms with van der Waals surface area (Å²) < 4.78 is 26.8. The second kappa shape index (κ2) is 22.5. The molecular formula is C43H60O15. The van der Waals surface area contributed by atoms with Crippen LogP contribution in [0.4, 0.5) is 0 Å². The molecule has 15 nitrogen and oxygen atoms in total. The smallest absolute Gasteiger partial charge is 0.307 e. The Labute approximate surface area is 339 Å². The van der Waals surface area contributed by atoms with Crippen LogP contribution in [-0.2, 0) is 38.1 Å². The summed E-state index contributed by atoms with van der Waals surface area (Å²) in [6, 6.07) is 0. The number of carbonyl (C=O) groups excluding carboxylic acids is 3. The third-order valence-electron chi connectivity index (χ3n) is 10.1. The fourth-order valence-corrected chi connectivity index (χ4v) is 6.62. The minimum Gasteiger partial charge on any atom is -0.463 e. The van der Waals surface area contributed by atoms with Gasteiger partial charge in [-0.05, 0) is 50.7 Å². The fraction of sp³-hybridized carbons (Fsp3) is 0.558. The first-order valence-electron chi connectivity index (χ1n) is 19.2. The van der Waals surface area contributed by atoms with Gasteiger partial charge in [0.25, 0.3) is 0 Å². The van der Waals surface area contributed by atoms with Crippen LogP contribution in [0.5, 0.6) is 0 Å². The molecule has 3 aliphatic rings. The van der Waals surface area contributed by atoms with Crippen molar-refractivity contribution in [3.63, 3.8) is 0 Å². The Morgan fingerprint density at radius 2 is 1.47 bits per heavy atom. The largest absolute Gasteiger partial charge is 0.463 e. The molecule has 0 aromatic heterocycles. The maximum atomic E-state index is 13.3. The number of esters is 2. The Hall–Kier alpha value is -3.87. The number of ether oxygens (including phenoxy) is 5. The van der Waals surface area contributed by atoms with E-state index in [-0.39, 0.29) is 12.2 Å². The number of carbonyl (C=O) groups is 3. The van der Waals surface area contributed by atoms with Gasteiger partial charge in [-0.3, -0.25) is 14.4 Å². The van der Waals surface area contributed by atoms with Gasteiger partial charge in [0.15, 0.2) is 24.5 Å². The number of Topliss-reactive ketones (excluding diaryl/α,β-unsaturated/α-hetero) is 1. The molecule has 7 N–H and O–H groups in total. The molecule has 0 bridgehead atoms. The Morgan fingerprint density at radius 3 is 2.14 bits per heavy atom. The predicted molar refractivity (Wildman–Crippen MR) is 211 cm³/mol. The maximum Gasteiger partial charge on any atom is 0.307 e. The molecular weight excluding hydrogens is 756 g/mol. The third kappa shape index (κ3) is 13.6. The monoisotopic (exact) mass is 816 g/mol. The highest BCUT2D eigenvalue weighted by atomic mass is 16.7. The molecule has 15 heteroatoms. The third-order valence-corrected chi connectivity index (χ3v) is 10.1. The highest BCUT2D eigenvalue weighted by Gasteiger charge is 2.50. The van der Waals surface area contributed by atoms with Crippen molar-refractivity contribution in [2.45, 2.75) is 135 Å². The van der Waals surface area contributed by atoms with Gasteiger partial charge in [-0.25, -0.2) is 0 Å². The van der Waals surface area contributed by atoms with Gasteiger partial charge in [0.05, 0.1) is 19.4 Å². The van der Waals surface area contributed by atoms with Crippen LogP contribution in [0, 0.1) is 5.41 Å². The first-order chi connectivity index (χ1) is 27.3. The van der Waals surface area contributed by atoms with E-state index in [1.165, 1.54) is 5.57 Å². The molecule has 2 aliphatic heterocycles. The first kappa shape index (κ1) is 48.5. The molecule has 0 aromatic rings. The number of rotatable bonds is 17. The van der Waals surface area contributed by atoms with E-state index in [1.807, 2.05) is 88.5 Å². The minimum absolute atomic E-state index is 0.215. The number of aliphatic hydroxyl groups excluding tert-OH is 7. The SMILES string of the molecule is C=CC/C(C)=C/C=C/C=C(C)/C=C/C=C(C)/C=C/C1=C(C)C(=O)C(OC(=O)CCC(=O)OCC2OC(O)C(O)C(O)C2OC2OC(CO)C(O)C(O)C2O)CC1(C)C. The van der Waals surface area contributed by atoms with Crippen LogP contribution in [0.15, 0.2) is 95.2 Å². The van der Waals surface area contributed by atoms with Crippen LogP contribution in [0.1, 0.15) is 67.2 Å². The average Bonchev–Trinajstić information content (AvgIpc) is 3.17. The van der Waals surface area contributed by atoms with Gasteiger partial charge in [0.1, 0.15) is 55.4 Å². The van der Waals surface area contributed by atoms with Crippen LogP contribution in [0.3, 0.4) is 0 Å². The zero-order chi connectivity index (χ0) is 43.3. The van der Waals surface area contributed by atoms with E-state index in [1.54, 1.807) is 6.92 Å². The molecule has 0 amide bonds. The number of hydrogen-bond acceptors (Lipinski definition) is 15. The molecule has 0 saturated carbocycles. The van der Waals surface area contributed by atoms with Crippen LogP contribution < -0.4 is 0 Å². The summed E-state index contributed by atoms with van der Waals surface area (Å²) in [5.74, 6) is -2.07. The summed E-state index contributed by atoms with van der Waals surface area (Å²) in [4.78, 5) is 38.8. The molecule has 3 rings (SSSR count). The summed E-state index contributed by atoms with van der Waals surface area (Å²) in [6.45, 7) is 13.9. The van der Waals surface area contributed by atoms with Crippen molar-refractivity contribution < 1.29 is 73.8 Å². The zero-order valence-electron chi connectivity index (χ0n) is 34.0. The average molecular weight is 817 g/mol. The topological polar surface area (TPSA) is 239 Å². The molecule has 11 atom stereocenters. The van der Waals surface area contributed by atoms with E-state index >= 15 is 0 Å². The van der Waals surface area contributed by atoms with Crippen molar-refractivity contribution in [3.05, 3.63) is 95.2 Å². The van der Waals surface area contributed by atoms with Crippen molar-refractivity contribution in [2.24, 2.45) is 5.41 Å². The van der Waals surface area contributed by atoms with Gasteiger partial charge >= 0.3 is 11.9 Å². The summed E-state index contributed by atoms with van der Waals surface area (Å²) in [5.41, 5.74) is 3.99. The highest BCUT2D eigenvalue weighted by Crippen LogP contribution is 2.41. The minimum atomic E-state index is -1.93. The van der Waals surface area contributed by atoms with E-state index in [0.29, 0.717) is 5.57 Å². The molecule has 2 fully saturated rings. The van der Waals surface area contributed by atoms with Crippen molar-refractivity contribution in [1.82, 2.24) is 0 Å². The first-order valence-corrected chi connectivity index (χ1v) is 19.2. The second-order valence-electron chi connectivity index (χ2n) is 15.4. The Morgan fingerprint density at radius 1 is 0.828 bits per heavy atom. The Bertz CT molecular complexity index is 1660. The van der Waals surface area contributed by atoms with E-state index in [0.717, 1.165) is 23.1 Å². The molecule has 2 saturated heterocycles.